The van der Waals surface area contributed by atoms with E-state index in [-0.39, 0.29) is 41.2 Å². The van der Waals surface area contributed by atoms with Gasteiger partial charge < -0.3 is 25.3 Å². The minimum absolute atomic E-state index is 0.107. The van der Waals surface area contributed by atoms with E-state index >= 15 is 0 Å². The highest BCUT2D eigenvalue weighted by molar-refractivity contribution is 6.02. The Labute approximate surface area is 222 Å². The number of ether oxygens (including phenoxy) is 1. The van der Waals surface area contributed by atoms with Crippen molar-refractivity contribution in [3.63, 3.8) is 0 Å². The number of carbonyl (C=O) groups excluding carboxylic acids is 2. The number of methoxy groups -OCH3 is 1. The molecule has 0 saturated carbocycles. The first kappa shape index (κ1) is 25.7. The van der Waals surface area contributed by atoms with Gasteiger partial charge in [0.05, 0.1) is 24.1 Å². The number of anilines is 1. The zero-order chi connectivity index (χ0) is 27.7. The maximum absolute atomic E-state index is 13.7. The topological polar surface area (TPSA) is 135 Å². The van der Waals surface area contributed by atoms with Gasteiger partial charge in [-0.2, -0.15) is 5.10 Å². The fraction of sp³-hybridized carbons (Fsp3) is 0.214. The first-order valence-corrected chi connectivity index (χ1v) is 12.3. The number of carbonyl (C=O) groups is 2. The molecule has 2 amide bonds. The van der Waals surface area contributed by atoms with Crippen LogP contribution in [-0.2, 0) is 11.3 Å². The summed E-state index contributed by atoms with van der Waals surface area (Å²) in [6.45, 7) is 4.77. The van der Waals surface area contributed by atoms with E-state index in [9.17, 15) is 18.8 Å². The Kier molecular flexibility index (Phi) is 6.88. The van der Waals surface area contributed by atoms with Gasteiger partial charge in [0.2, 0.25) is 5.91 Å². The van der Waals surface area contributed by atoms with E-state index in [0.717, 1.165) is 22.8 Å². The van der Waals surface area contributed by atoms with Crippen LogP contribution < -0.4 is 21.3 Å². The second kappa shape index (κ2) is 10.4. The number of fused-ring (bicyclic) bond motifs is 1. The third-order valence-electron chi connectivity index (χ3n) is 6.95. The number of hydrogen-bond donors (Lipinski definition) is 3. The maximum atomic E-state index is 13.7. The standard InChI is InChI=1S/C28H27FN6O4/c1-3-23(36)34-11-10-19(14-34)35-15-21(24-25(35)28(38)33-32-26(24)30)17-6-4-16(5-7-17)13-31-27(37)20-12-18(29)8-9-22(20)39-2/h3-9,12,15,19H,1,10-11,13-14H2,2H3,(H2,30,32)(H,31,37)(H,33,38)/t19-/m1/s1. The van der Waals surface area contributed by atoms with E-state index < -0.39 is 11.7 Å². The van der Waals surface area contributed by atoms with E-state index in [2.05, 4.69) is 22.1 Å². The molecule has 0 bridgehead atoms. The van der Waals surface area contributed by atoms with Crippen LogP contribution >= 0.6 is 0 Å². The Morgan fingerprint density at radius 2 is 2.05 bits per heavy atom. The van der Waals surface area contributed by atoms with Crippen molar-refractivity contribution in [2.45, 2.75) is 19.0 Å². The first-order valence-electron chi connectivity index (χ1n) is 12.3. The number of amides is 2. The number of H-pyrrole nitrogens is 1. The Morgan fingerprint density at radius 1 is 1.28 bits per heavy atom. The monoisotopic (exact) mass is 530 g/mol. The number of nitrogens with one attached hydrogen (secondary N) is 2. The van der Waals surface area contributed by atoms with Crippen LogP contribution in [0.3, 0.4) is 0 Å². The molecule has 2 aromatic heterocycles. The molecule has 11 heteroatoms. The number of nitrogens with two attached hydrogens (primary N) is 1. The van der Waals surface area contributed by atoms with Gasteiger partial charge in [0, 0.05) is 31.4 Å². The summed E-state index contributed by atoms with van der Waals surface area (Å²) in [5.74, 6) is -0.675. The van der Waals surface area contributed by atoms with Crippen molar-refractivity contribution in [1.82, 2.24) is 25.0 Å². The average Bonchev–Trinajstić information content (AvgIpc) is 3.60. The highest BCUT2D eigenvalue weighted by atomic mass is 19.1. The smallest absolute Gasteiger partial charge is 0.288 e. The fourth-order valence-electron chi connectivity index (χ4n) is 4.98. The van der Waals surface area contributed by atoms with Gasteiger partial charge >= 0.3 is 0 Å². The molecule has 4 N–H and O–H groups in total. The molecule has 2 aromatic carbocycles. The molecule has 3 heterocycles. The van der Waals surface area contributed by atoms with Crippen molar-refractivity contribution in [3.05, 3.63) is 88.6 Å². The molecule has 4 aromatic rings. The second-order valence-electron chi connectivity index (χ2n) is 9.27. The predicted octanol–water partition coefficient (Wildman–Crippen LogP) is 3.01. The number of halogens is 1. The van der Waals surface area contributed by atoms with E-state index in [1.807, 2.05) is 35.0 Å². The molecule has 0 unspecified atom stereocenters. The Bertz CT molecular complexity index is 1640. The molecule has 1 aliphatic heterocycles. The third-order valence-corrected chi connectivity index (χ3v) is 6.95. The van der Waals surface area contributed by atoms with E-state index in [4.69, 9.17) is 10.5 Å². The summed E-state index contributed by atoms with van der Waals surface area (Å²) in [7, 11) is 1.42. The molecule has 5 rings (SSSR count). The van der Waals surface area contributed by atoms with Crippen molar-refractivity contribution in [2.75, 3.05) is 25.9 Å². The van der Waals surface area contributed by atoms with Gasteiger partial charge in [0.1, 0.15) is 17.1 Å². The quantitative estimate of drug-likeness (QED) is 0.315. The van der Waals surface area contributed by atoms with Crippen LogP contribution in [0.2, 0.25) is 0 Å². The van der Waals surface area contributed by atoms with Gasteiger partial charge in [0.25, 0.3) is 11.5 Å². The zero-order valence-corrected chi connectivity index (χ0v) is 21.2. The minimum Gasteiger partial charge on any atom is -0.496 e. The largest absolute Gasteiger partial charge is 0.496 e. The van der Waals surface area contributed by atoms with Crippen LogP contribution in [0, 0.1) is 5.82 Å². The number of benzene rings is 2. The number of nitrogen functional groups attached to an aromatic ring is 1. The first-order chi connectivity index (χ1) is 18.8. The number of aromatic nitrogens is 3. The molecule has 1 saturated heterocycles. The van der Waals surface area contributed by atoms with Crippen LogP contribution in [0.1, 0.15) is 28.4 Å². The van der Waals surface area contributed by atoms with Crippen LogP contribution in [0.5, 0.6) is 5.75 Å². The second-order valence-corrected chi connectivity index (χ2v) is 9.27. The molecule has 0 radical (unpaired) electrons. The van der Waals surface area contributed by atoms with Crippen molar-refractivity contribution in [1.29, 1.82) is 0 Å². The summed E-state index contributed by atoms with van der Waals surface area (Å²) < 4.78 is 20.7. The maximum Gasteiger partial charge on any atom is 0.288 e. The summed E-state index contributed by atoms with van der Waals surface area (Å²) in [4.78, 5) is 39.3. The van der Waals surface area contributed by atoms with Crippen LogP contribution in [0.25, 0.3) is 22.0 Å². The molecule has 1 aliphatic rings. The summed E-state index contributed by atoms with van der Waals surface area (Å²) in [5.41, 5.74) is 8.70. The summed E-state index contributed by atoms with van der Waals surface area (Å²) >= 11 is 0. The lowest BCUT2D eigenvalue weighted by molar-refractivity contribution is -0.125. The van der Waals surface area contributed by atoms with Crippen molar-refractivity contribution in [2.24, 2.45) is 0 Å². The number of likely N-dealkylation sites (tertiary alicyclic amines) is 1. The van der Waals surface area contributed by atoms with Gasteiger partial charge in [0.15, 0.2) is 5.82 Å². The van der Waals surface area contributed by atoms with Crippen LogP contribution in [0.15, 0.2) is 66.1 Å². The van der Waals surface area contributed by atoms with Crippen molar-refractivity contribution >= 4 is 28.5 Å². The molecule has 0 aliphatic carbocycles. The van der Waals surface area contributed by atoms with E-state index in [1.54, 1.807) is 4.90 Å². The zero-order valence-electron chi connectivity index (χ0n) is 21.2. The number of rotatable bonds is 7. The Morgan fingerprint density at radius 3 is 2.77 bits per heavy atom. The molecular formula is C28H27FN6O4. The molecule has 10 nitrogen and oxygen atoms in total. The van der Waals surface area contributed by atoms with Gasteiger partial charge in [-0.3, -0.25) is 14.4 Å². The van der Waals surface area contributed by atoms with Gasteiger partial charge in [-0.05, 0) is 41.8 Å². The molecule has 0 spiro atoms. The highest BCUT2D eigenvalue weighted by Gasteiger charge is 2.29. The average molecular weight is 531 g/mol. The lowest BCUT2D eigenvalue weighted by Gasteiger charge is -2.16. The normalized spacial score (nSPS) is 14.9. The summed E-state index contributed by atoms with van der Waals surface area (Å²) in [6.07, 6.45) is 3.84. The van der Waals surface area contributed by atoms with E-state index in [1.165, 1.54) is 25.3 Å². The van der Waals surface area contributed by atoms with Crippen molar-refractivity contribution in [3.8, 4) is 16.9 Å². The molecule has 1 atom stereocenters. The molecule has 39 heavy (non-hydrogen) atoms. The number of aromatic amines is 1. The lowest BCUT2D eigenvalue weighted by atomic mass is 10.0. The van der Waals surface area contributed by atoms with Gasteiger partial charge in [-0.25, -0.2) is 9.49 Å². The van der Waals surface area contributed by atoms with Crippen LogP contribution in [-0.4, -0.2) is 51.7 Å². The lowest BCUT2D eigenvalue weighted by Crippen LogP contribution is -2.27. The molecule has 200 valence electrons. The van der Waals surface area contributed by atoms with Gasteiger partial charge in [-0.1, -0.05) is 30.8 Å². The van der Waals surface area contributed by atoms with Crippen LogP contribution in [0.4, 0.5) is 10.2 Å². The minimum atomic E-state index is -0.533. The fourth-order valence-corrected chi connectivity index (χ4v) is 4.98. The SMILES string of the molecule is C=CC(=O)N1CC[C@@H](n2cc(-c3ccc(CNC(=O)c4cc(F)ccc4OC)cc3)c3c(N)n[nH]c(=O)c32)C1. The number of nitrogens with zero attached hydrogens (tertiary/aromatic N) is 3. The van der Waals surface area contributed by atoms with Crippen molar-refractivity contribution < 1.29 is 18.7 Å². The summed E-state index contributed by atoms with van der Waals surface area (Å²) in [6, 6.07) is 11.1. The molecular weight excluding hydrogens is 503 g/mol. The van der Waals surface area contributed by atoms with Gasteiger partial charge in [-0.15, -0.1) is 0 Å². The summed E-state index contributed by atoms with van der Waals surface area (Å²) in [5, 5.41) is 9.74. The predicted molar refractivity (Wildman–Crippen MR) is 145 cm³/mol. The Hall–Kier alpha value is -4.93. The van der Waals surface area contributed by atoms with E-state index in [0.29, 0.717) is 30.4 Å². The Balaban J connectivity index is 1.41. The molecule has 1 fully saturated rings. The highest BCUT2D eigenvalue weighted by Crippen LogP contribution is 2.36. The third kappa shape index (κ3) is 4.86. The number of hydrogen-bond acceptors (Lipinski definition) is 6.